The fourth-order valence-corrected chi connectivity index (χ4v) is 4.44. The van der Waals surface area contributed by atoms with Crippen LogP contribution in [0.25, 0.3) is 0 Å². The number of halogens is 4. The second kappa shape index (κ2) is 4.34. The van der Waals surface area contributed by atoms with E-state index in [0.29, 0.717) is 19.3 Å². The molecule has 0 amide bonds. The maximum Gasteiger partial charge on any atom is 0.420 e. The molecule has 2 aliphatic carbocycles. The third kappa shape index (κ3) is 1.91. The molecule has 1 N–H and O–H groups in total. The van der Waals surface area contributed by atoms with Crippen molar-refractivity contribution in [2.24, 2.45) is 23.7 Å². The molecule has 0 aromatic heterocycles. The second-order valence-corrected chi connectivity index (χ2v) is 6.55. The van der Waals surface area contributed by atoms with Crippen LogP contribution < -0.4 is 0 Å². The topological polar surface area (TPSA) is 20.2 Å². The van der Waals surface area contributed by atoms with Gasteiger partial charge in [0.2, 0.25) is 0 Å². The third-order valence-electron chi connectivity index (χ3n) is 5.60. The highest BCUT2D eigenvalue weighted by atomic mass is 19.4. The normalized spacial score (nSPS) is 45.5. The van der Waals surface area contributed by atoms with Crippen molar-refractivity contribution in [3.63, 3.8) is 0 Å². The molecule has 0 saturated heterocycles. The van der Waals surface area contributed by atoms with Gasteiger partial charge in [-0.25, -0.2) is 4.39 Å². The predicted octanol–water partition coefficient (Wildman–Crippen LogP) is 4.10. The first-order valence-corrected chi connectivity index (χ1v) is 7.04. The van der Waals surface area contributed by atoms with Gasteiger partial charge >= 0.3 is 6.18 Å². The highest BCUT2D eigenvalue weighted by Gasteiger charge is 2.73. The highest BCUT2D eigenvalue weighted by molar-refractivity contribution is 5.16. The van der Waals surface area contributed by atoms with Crippen LogP contribution in [0.5, 0.6) is 0 Å². The molecule has 0 heterocycles. The maximum atomic E-state index is 15.0. The van der Waals surface area contributed by atoms with Gasteiger partial charge in [0.25, 0.3) is 0 Å². The van der Waals surface area contributed by atoms with Gasteiger partial charge in [0.1, 0.15) is 0 Å². The summed E-state index contributed by atoms with van der Waals surface area (Å²) in [5, 5.41) is 9.77. The minimum atomic E-state index is -4.92. The molecule has 5 heteroatoms. The molecule has 6 atom stereocenters. The zero-order chi connectivity index (χ0) is 14.6. The quantitative estimate of drug-likeness (QED) is 0.773. The van der Waals surface area contributed by atoms with Gasteiger partial charge in [-0.1, -0.05) is 26.7 Å². The Morgan fingerprint density at radius 3 is 2.32 bits per heavy atom. The van der Waals surface area contributed by atoms with Crippen molar-refractivity contribution < 1.29 is 22.7 Å². The van der Waals surface area contributed by atoms with Crippen LogP contribution in [0, 0.1) is 23.7 Å². The summed E-state index contributed by atoms with van der Waals surface area (Å²) >= 11 is 0. The van der Waals surface area contributed by atoms with E-state index < -0.39 is 23.4 Å². The Morgan fingerprint density at radius 1 is 1.32 bits per heavy atom. The number of alkyl halides is 4. The SMILES string of the molecule is CCCC1C2CC(C1C)C(F)(C(C)(O)C(F)(F)F)C2. The van der Waals surface area contributed by atoms with Gasteiger partial charge in [0, 0.05) is 0 Å². The number of hydrogen-bond donors (Lipinski definition) is 1. The lowest BCUT2D eigenvalue weighted by Gasteiger charge is -2.46. The van der Waals surface area contributed by atoms with E-state index in [1.54, 1.807) is 0 Å². The van der Waals surface area contributed by atoms with Crippen LogP contribution in [0.15, 0.2) is 0 Å². The number of aliphatic hydroxyl groups is 1. The summed E-state index contributed by atoms with van der Waals surface area (Å²) in [6.07, 6.45) is -2.69. The van der Waals surface area contributed by atoms with Gasteiger partial charge < -0.3 is 5.11 Å². The third-order valence-corrected chi connectivity index (χ3v) is 5.60. The molecule has 6 unspecified atom stereocenters. The monoisotopic (exact) mass is 282 g/mol. The summed E-state index contributed by atoms with van der Waals surface area (Å²) in [4.78, 5) is 0. The Labute approximate surface area is 111 Å². The van der Waals surface area contributed by atoms with Crippen LogP contribution in [0.4, 0.5) is 17.6 Å². The van der Waals surface area contributed by atoms with Crippen LogP contribution in [-0.2, 0) is 0 Å². The first-order chi connectivity index (χ1) is 8.56. The Kier molecular flexibility index (Phi) is 3.44. The molecular weight excluding hydrogens is 260 g/mol. The fourth-order valence-electron chi connectivity index (χ4n) is 4.44. The Balaban J connectivity index is 2.27. The van der Waals surface area contributed by atoms with E-state index in [4.69, 9.17) is 0 Å². The van der Waals surface area contributed by atoms with Crippen LogP contribution in [0.2, 0.25) is 0 Å². The Bertz CT molecular complexity index is 350. The lowest BCUT2D eigenvalue weighted by atomic mass is 9.66. The van der Waals surface area contributed by atoms with Crippen molar-refractivity contribution in [2.45, 2.75) is 63.9 Å². The smallest absolute Gasteiger partial charge is 0.378 e. The van der Waals surface area contributed by atoms with E-state index in [2.05, 4.69) is 0 Å². The average Bonchev–Trinajstić information content (AvgIpc) is 2.75. The first-order valence-electron chi connectivity index (χ1n) is 7.04. The Morgan fingerprint density at radius 2 is 1.89 bits per heavy atom. The van der Waals surface area contributed by atoms with Crippen LogP contribution in [0.3, 0.4) is 0 Å². The molecule has 0 spiro atoms. The molecule has 0 aromatic rings. The molecule has 2 aliphatic rings. The standard InChI is InChI=1S/C14H22F4O/c1-4-5-10-8(2)11-6-9(10)7-13(11,15)12(3,19)14(16,17)18/h8-11,19H,4-7H2,1-3H3. The average molecular weight is 282 g/mol. The van der Waals surface area contributed by atoms with Gasteiger partial charge in [-0.2, -0.15) is 13.2 Å². The summed E-state index contributed by atoms with van der Waals surface area (Å²) < 4.78 is 53.8. The molecule has 0 aliphatic heterocycles. The minimum Gasteiger partial charge on any atom is -0.378 e. The molecule has 2 bridgehead atoms. The Hall–Kier alpha value is -0.320. The number of rotatable bonds is 3. The summed E-state index contributed by atoms with van der Waals surface area (Å²) in [6, 6.07) is 0. The van der Waals surface area contributed by atoms with E-state index in [1.807, 2.05) is 13.8 Å². The second-order valence-electron chi connectivity index (χ2n) is 6.55. The summed E-state index contributed by atoms with van der Waals surface area (Å²) in [7, 11) is 0. The summed E-state index contributed by atoms with van der Waals surface area (Å²) in [5.74, 6) is -0.468. The molecular formula is C14H22F4O. The largest absolute Gasteiger partial charge is 0.420 e. The van der Waals surface area contributed by atoms with E-state index in [1.165, 1.54) is 0 Å². The fraction of sp³-hybridized carbons (Fsp3) is 1.00. The molecule has 0 radical (unpaired) electrons. The molecule has 1 nitrogen and oxygen atoms in total. The molecule has 2 rings (SSSR count). The van der Waals surface area contributed by atoms with Crippen molar-refractivity contribution in [3.8, 4) is 0 Å². The lowest BCUT2D eigenvalue weighted by molar-refractivity contribution is -0.308. The van der Waals surface area contributed by atoms with Gasteiger partial charge in [0.15, 0.2) is 11.3 Å². The van der Waals surface area contributed by atoms with Crippen molar-refractivity contribution >= 4 is 0 Å². The molecule has 0 aromatic carbocycles. The molecule has 2 saturated carbocycles. The van der Waals surface area contributed by atoms with E-state index in [9.17, 15) is 22.7 Å². The van der Waals surface area contributed by atoms with E-state index in [0.717, 1.165) is 12.8 Å². The van der Waals surface area contributed by atoms with Crippen LogP contribution in [0.1, 0.15) is 46.5 Å². The van der Waals surface area contributed by atoms with Gasteiger partial charge in [-0.15, -0.1) is 0 Å². The van der Waals surface area contributed by atoms with Crippen molar-refractivity contribution in [1.29, 1.82) is 0 Å². The van der Waals surface area contributed by atoms with Crippen molar-refractivity contribution in [3.05, 3.63) is 0 Å². The van der Waals surface area contributed by atoms with Gasteiger partial charge in [0.05, 0.1) is 0 Å². The molecule has 2 fully saturated rings. The van der Waals surface area contributed by atoms with E-state index >= 15 is 0 Å². The molecule has 19 heavy (non-hydrogen) atoms. The van der Waals surface area contributed by atoms with Gasteiger partial charge in [-0.05, 0) is 43.4 Å². The minimum absolute atomic E-state index is 0.0150. The zero-order valence-corrected chi connectivity index (χ0v) is 11.6. The van der Waals surface area contributed by atoms with E-state index in [-0.39, 0.29) is 18.3 Å². The summed E-state index contributed by atoms with van der Waals surface area (Å²) in [5.41, 5.74) is -5.77. The van der Waals surface area contributed by atoms with Gasteiger partial charge in [-0.3, -0.25) is 0 Å². The maximum absolute atomic E-state index is 15.0. The predicted molar refractivity (Wildman–Crippen MR) is 64.3 cm³/mol. The molecule has 112 valence electrons. The van der Waals surface area contributed by atoms with Crippen LogP contribution >= 0.6 is 0 Å². The van der Waals surface area contributed by atoms with Crippen LogP contribution in [-0.4, -0.2) is 22.6 Å². The zero-order valence-electron chi connectivity index (χ0n) is 11.6. The number of hydrogen-bond acceptors (Lipinski definition) is 1. The number of fused-ring (bicyclic) bond motifs is 2. The van der Waals surface area contributed by atoms with Crippen molar-refractivity contribution in [1.82, 2.24) is 0 Å². The first kappa shape index (κ1) is 15.1. The summed E-state index contributed by atoms with van der Waals surface area (Å²) in [6.45, 7) is 4.47. The van der Waals surface area contributed by atoms with Crippen molar-refractivity contribution in [2.75, 3.05) is 0 Å². The highest BCUT2D eigenvalue weighted by Crippen LogP contribution is 2.64. The lowest BCUT2D eigenvalue weighted by Crippen LogP contribution is -2.62.